The molecule has 1 amide bonds. The van der Waals surface area contributed by atoms with Gasteiger partial charge in [0.05, 0.1) is 18.6 Å². The second-order valence-corrected chi connectivity index (χ2v) is 5.32. The molecule has 2 aromatic rings. The third kappa shape index (κ3) is 4.94. The van der Waals surface area contributed by atoms with Gasteiger partial charge < -0.3 is 14.8 Å². The van der Waals surface area contributed by atoms with Crippen molar-refractivity contribution < 1.29 is 19.2 Å². The zero-order chi connectivity index (χ0) is 18.2. The Kier molecular flexibility index (Phi) is 6.33. The van der Waals surface area contributed by atoms with Gasteiger partial charge in [-0.15, -0.1) is 0 Å². The van der Waals surface area contributed by atoms with Crippen molar-refractivity contribution in [2.75, 3.05) is 13.7 Å². The minimum atomic E-state index is -0.531. The minimum Gasteiger partial charge on any atom is -0.493 e. The van der Waals surface area contributed by atoms with Gasteiger partial charge in [0.2, 0.25) is 0 Å². The van der Waals surface area contributed by atoms with Crippen LogP contribution in [0.15, 0.2) is 42.5 Å². The minimum absolute atomic E-state index is 0.119. The Balaban J connectivity index is 2.04. The van der Waals surface area contributed by atoms with Crippen molar-refractivity contribution in [2.24, 2.45) is 0 Å². The van der Waals surface area contributed by atoms with E-state index in [2.05, 4.69) is 5.32 Å². The lowest BCUT2D eigenvalue weighted by Crippen LogP contribution is -2.22. The number of nitro benzene ring substituents is 1. The summed E-state index contributed by atoms with van der Waals surface area (Å²) in [6.45, 7) is 2.88. The van der Waals surface area contributed by atoms with E-state index in [0.29, 0.717) is 18.1 Å². The molecule has 0 saturated heterocycles. The molecule has 0 heterocycles. The maximum Gasteiger partial charge on any atom is 0.270 e. The second-order valence-electron chi connectivity index (χ2n) is 5.32. The van der Waals surface area contributed by atoms with E-state index < -0.39 is 4.92 Å². The summed E-state index contributed by atoms with van der Waals surface area (Å²) >= 11 is 0. The predicted octanol–water partition coefficient (Wildman–Crippen LogP) is 3.32. The number of nitrogens with one attached hydrogen (secondary N) is 1. The third-order valence-corrected chi connectivity index (χ3v) is 3.46. The molecule has 0 spiro atoms. The van der Waals surface area contributed by atoms with Crippen molar-refractivity contribution >= 4 is 11.6 Å². The van der Waals surface area contributed by atoms with Crippen LogP contribution in [0.2, 0.25) is 0 Å². The number of nitro groups is 1. The number of hydrogen-bond acceptors (Lipinski definition) is 5. The van der Waals surface area contributed by atoms with E-state index in [9.17, 15) is 14.9 Å². The fraction of sp³-hybridized carbons (Fsp3) is 0.278. The number of carbonyl (C=O) groups is 1. The van der Waals surface area contributed by atoms with Crippen LogP contribution in [0.4, 0.5) is 5.69 Å². The molecular weight excluding hydrogens is 324 g/mol. The smallest absolute Gasteiger partial charge is 0.270 e. The number of nitrogens with zero attached hydrogens (tertiary/aromatic N) is 1. The molecule has 7 nitrogen and oxygen atoms in total. The fourth-order valence-electron chi connectivity index (χ4n) is 2.20. The Morgan fingerprint density at radius 2 is 2.00 bits per heavy atom. The normalized spacial score (nSPS) is 10.2. The highest BCUT2D eigenvalue weighted by Crippen LogP contribution is 2.28. The molecule has 2 rings (SSSR count). The first-order chi connectivity index (χ1) is 12.0. The lowest BCUT2D eigenvalue weighted by atomic mass is 10.1. The van der Waals surface area contributed by atoms with Crippen LogP contribution in [0, 0.1) is 10.1 Å². The van der Waals surface area contributed by atoms with Gasteiger partial charge >= 0.3 is 0 Å². The molecule has 25 heavy (non-hydrogen) atoms. The number of hydrogen-bond donors (Lipinski definition) is 1. The number of non-ortho nitro benzene ring substituents is 1. The topological polar surface area (TPSA) is 90.7 Å². The van der Waals surface area contributed by atoms with Crippen molar-refractivity contribution in [3.8, 4) is 11.5 Å². The summed E-state index contributed by atoms with van der Waals surface area (Å²) in [7, 11) is 1.56. The van der Waals surface area contributed by atoms with E-state index in [1.54, 1.807) is 19.2 Å². The number of methoxy groups -OCH3 is 1. The molecule has 7 heteroatoms. The van der Waals surface area contributed by atoms with Gasteiger partial charge in [0.1, 0.15) is 0 Å². The highest BCUT2D eigenvalue weighted by molar-refractivity contribution is 5.94. The van der Waals surface area contributed by atoms with Gasteiger partial charge in [-0.1, -0.05) is 19.1 Å². The lowest BCUT2D eigenvalue weighted by molar-refractivity contribution is -0.384. The standard InChI is InChI=1S/C18H20N2O5/c1-3-9-25-16-8-7-13(10-17(16)24-2)12-19-18(21)14-5-4-6-15(11-14)20(22)23/h4-8,10-11H,3,9,12H2,1-2H3,(H,19,21). The highest BCUT2D eigenvalue weighted by Gasteiger charge is 2.12. The SMILES string of the molecule is CCCOc1ccc(CNC(=O)c2cccc([N+](=O)[O-])c2)cc1OC. The number of rotatable bonds is 8. The largest absolute Gasteiger partial charge is 0.493 e. The maximum atomic E-state index is 12.2. The van der Waals surface area contributed by atoms with Gasteiger partial charge in [-0.3, -0.25) is 14.9 Å². The molecule has 1 N–H and O–H groups in total. The van der Waals surface area contributed by atoms with E-state index in [1.807, 2.05) is 13.0 Å². The van der Waals surface area contributed by atoms with Crippen LogP contribution < -0.4 is 14.8 Å². The Morgan fingerprint density at radius 1 is 1.20 bits per heavy atom. The monoisotopic (exact) mass is 344 g/mol. The van der Waals surface area contributed by atoms with Crippen LogP contribution >= 0.6 is 0 Å². The van der Waals surface area contributed by atoms with Gasteiger partial charge in [-0.05, 0) is 30.2 Å². The molecule has 0 radical (unpaired) electrons. The number of ether oxygens (including phenoxy) is 2. The van der Waals surface area contributed by atoms with Crippen molar-refractivity contribution in [3.63, 3.8) is 0 Å². The first-order valence-corrected chi connectivity index (χ1v) is 7.87. The summed E-state index contributed by atoms with van der Waals surface area (Å²) in [6.07, 6.45) is 0.893. The molecule has 0 aliphatic rings. The van der Waals surface area contributed by atoms with Crippen LogP contribution in [-0.2, 0) is 6.54 Å². The van der Waals surface area contributed by atoms with Crippen molar-refractivity contribution in [1.82, 2.24) is 5.32 Å². The van der Waals surface area contributed by atoms with Crippen LogP contribution in [0.25, 0.3) is 0 Å². The molecule has 0 aliphatic carbocycles. The molecule has 0 aliphatic heterocycles. The summed E-state index contributed by atoms with van der Waals surface area (Å²) in [5.74, 6) is 0.864. The highest BCUT2D eigenvalue weighted by atomic mass is 16.6. The number of benzene rings is 2. The molecule has 0 fully saturated rings. The quantitative estimate of drug-likeness (QED) is 0.586. The molecular formula is C18H20N2O5. The number of amides is 1. The molecule has 0 aromatic heterocycles. The second kappa shape index (κ2) is 8.68. The maximum absolute atomic E-state index is 12.2. The van der Waals surface area contributed by atoms with Gasteiger partial charge in [0.15, 0.2) is 11.5 Å². The van der Waals surface area contributed by atoms with Crippen molar-refractivity contribution in [2.45, 2.75) is 19.9 Å². The molecule has 132 valence electrons. The third-order valence-electron chi connectivity index (χ3n) is 3.46. The van der Waals surface area contributed by atoms with Crippen LogP contribution in [0.5, 0.6) is 11.5 Å². The Hall–Kier alpha value is -3.09. The first kappa shape index (κ1) is 18.3. The van der Waals surface area contributed by atoms with Gasteiger partial charge in [-0.2, -0.15) is 0 Å². The van der Waals surface area contributed by atoms with Gasteiger partial charge in [0.25, 0.3) is 11.6 Å². The Morgan fingerprint density at radius 3 is 2.68 bits per heavy atom. The van der Waals surface area contributed by atoms with E-state index in [-0.39, 0.29) is 23.7 Å². The summed E-state index contributed by atoms with van der Waals surface area (Å²) in [4.78, 5) is 22.4. The van der Waals surface area contributed by atoms with Gasteiger partial charge in [-0.25, -0.2) is 0 Å². The summed E-state index contributed by atoms with van der Waals surface area (Å²) in [6, 6.07) is 11.0. The van der Waals surface area contributed by atoms with Crippen molar-refractivity contribution in [3.05, 3.63) is 63.7 Å². The van der Waals surface area contributed by atoms with Gasteiger partial charge in [0, 0.05) is 24.2 Å². The first-order valence-electron chi connectivity index (χ1n) is 7.87. The predicted molar refractivity (Wildman–Crippen MR) is 93.0 cm³/mol. The van der Waals surface area contributed by atoms with E-state index in [0.717, 1.165) is 12.0 Å². The summed E-state index contributed by atoms with van der Waals surface area (Å²) in [5.41, 5.74) is 0.954. The van der Waals surface area contributed by atoms with Crippen LogP contribution in [0.3, 0.4) is 0 Å². The average molecular weight is 344 g/mol. The van der Waals surface area contributed by atoms with Crippen LogP contribution in [-0.4, -0.2) is 24.5 Å². The summed E-state index contributed by atoms with van der Waals surface area (Å²) < 4.78 is 10.9. The van der Waals surface area contributed by atoms with E-state index >= 15 is 0 Å². The average Bonchev–Trinajstić information content (AvgIpc) is 2.64. The molecule has 0 atom stereocenters. The van der Waals surface area contributed by atoms with E-state index in [4.69, 9.17) is 9.47 Å². The molecule has 0 bridgehead atoms. The fourth-order valence-corrected chi connectivity index (χ4v) is 2.20. The number of carbonyl (C=O) groups excluding carboxylic acids is 1. The molecule has 0 unspecified atom stereocenters. The van der Waals surface area contributed by atoms with E-state index in [1.165, 1.54) is 24.3 Å². The Bertz CT molecular complexity index is 761. The molecule has 0 saturated carbocycles. The summed E-state index contributed by atoms with van der Waals surface area (Å²) in [5, 5.41) is 13.5. The molecule has 2 aromatic carbocycles. The lowest BCUT2D eigenvalue weighted by Gasteiger charge is -2.12. The zero-order valence-electron chi connectivity index (χ0n) is 14.2. The van der Waals surface area contributed by atoms with Crippen LogP contribution in [0.1, 0.15) is 29.3 Å². The zero-order valence-corrected chi connectivity index (χ0v) is 14.2. The van der Waals surface area contributed by atoms with Crippen molar-refractivity contribution in [1.29, 1.82) is 0 Å². The Labute approximate surface area is 145 Å².